The molecule has 1 unspecified atom stereocenters. The fraction of sp³-hybridized carbons (Fsp3) is 0.625. The van der Waals surface area contributed by atoms with E-state index in [0.29, 0.717) is 24.6 Å². The zero-order chi connectivity index (χ0) is 15.3. The van der Waals surface area contributed by atoms with Crippen molar-refractivity contribution in [3.05, 3.63) is 29.3 Å². The van der Waals surface area contributed by atoms with Gasteiger partial charge in [0.2, 0.25) is 0 Å². The highest BCUT2D eigenvalue weighted by Crippen LogP contribution is 2.25. The molecule has 0 spiro atoms. The Balaban J connectivity index is 2.88. The number of nitrogens with zero attached hydrogens (tertiary/aromatic N) is 1. The molecule has 0 aliphatic rings. The molecule has 0 heterocycles. The van der Waals surface area contributed by atoms with Gasteiger partial charge >= 0.3 is 0 Å². The highest BCUT2D eigenvalue weighted by molar-refractivity contribution is 5.50. The van der Waals surface area contributed by atoms with Crippen molar-refractivity contribution in [3.8, 4) is 0 Å². The normalized spacial score (nSPS) is 12.8. The highest BCUT2D eigenvalue weighted by atomic mass is 19.1. The molecular weight excluding hydrogens is 258 g/mol. The first kappa shape index (κ1) is 16.9. The maximum atomic E-state index is 14.1. The lowest BCUT2D eigenvalue weighted by molar-refractivity contribution is 0.529. The van der Waals surface area contributed by atoms with Crippen LogP contribution < -0.4 is 10.2 Å². The van der Waals surface area contributed by atoms with Crippen LogP contribution in [-0.4, -0.2) is 19.6 Å². The molecule has 0 radical (unpaired) electrons. The molecule has 1 N–H and O–H groups in total. The van der Waals surface area contributed by atoms with Crippen LogP contribution in [0, 0.1) is 17.6 Å². The van der Waals surface area contributed by atoms with E-state index in [2.05, 4.69) is 19.2 Å². The van der Waals surface area contributed by atoms with Gasteiger partial charge in [-0.3, -0.25) is 0 Å². The second-order valence-electron chi connectivity index (χ2n) is 5.84. The molecule has 1 aromatic rings. The molecule has 4 heteroatoms. The van der Waals surface area contributed by atoms with E-state index in [-0.39, 0.29) is 11.7 Å². The third-order valence-corrected chi connectivity index (χ3v) is 3.46. The van der Waals surface area contributed by atoms with Gasteiger partial charge in [0.25, 0.3) is 0 Å². The summed E-state index contributed by atoms with van der Waals surface area (Å²) in [5, 5.41) is 3.16. The van der Waals surface area contributed by atoms with Gasteiger partial charge in [0, 0.05) is 26.2 Å². The van der Waals surface area contributed by atoms with Crippen LogP contribution in [0.25, 0.3) is 0 Å². The number of rotatable bonds is 7. The largest absolute Gasteiger partial charge is 0.370 e. The molecule has 0 bridgehead atoms. The Morgan fingerprint density at radius 2 is 1.70 bits per heavy atom. The lowest BCUT2D eigenvalue weighted by atomic mass is 10.1. The van der Waals surface area contributed by atoms with Crippen molar-refractivity contribution in [1.29, 1.82) is 0 Å². The summed E-state index contributed by atoms with van der Waals surface area (Å²) in [4.78, 5) is 1.67. The molecule has 0 aliphatic carbocycles. The van der Waals surface area contributed by atoms with E-state index in [1.165, 1.54) is 12.1 Å². The van der Waals surface area contributed by atoms with Crippen LogP contribution in [0.2, 0.25) is 0 Å². The molecule has 1 rings (SSSR count). The van der Waals surface area contributed by atoms with Crippen LogP contribution in [0.1, 0.15) is 39.7 Å². The van der Waals surface area contributed by atoms with Gasteiger partial charge in [0.05, 0.1) is 0 Å². The Hall–Kier alpha value is -1.16. The quantitative estimate of drug-likeness (QED) is 0.815. The number of anilines is 1. The van der Waals surface area contributed by atoms with Crippen LogP contribution in [0.4, 0.5) is 14.5 Å². The van der Waals surface area contributed by atoms with Crippen molar-refractivity contribution in [2.45, 2.75) is 46.7 Å². The summed E-state index contributed by atoms with van der Waals surface area (Å²) >= 11 is 0. The van der Waals surface area contributed by atoms with E-state index < -0.39 is 11.6 Å². The monoisotopic (exact) mass is 284 g/mol. The molecule has 20 heavy (non-hydrogen) atoms. The Morgan fingerprint density at radius 1 is 1.15 bits per heavy atom. The Bertz CT molecular complexity index is 409. The molecule has 0 amide bonds. The molecule has 0 saturated carbocycles. The zero-order valence-corrected chi connectivity index (χ0v) is 13.1. The lowest BCUT2D eigenvalue weighted by Gasteiger charge is -2.24. The average molecular weight is 284 g/mol. The second kappa shape index (κ2) is 7.58. The van der Waals surface area contributed by atoms with Crippen LogP contribution in [-0.2, 0) is 6.54 Å². The predicted molar refractivity (Wildman–Crippen MR) is 81.1 cm³/mol. The lowest BCUT2D eigenvalue weighted by Crippen LogP contribution is -2.26. The second-order valence-corrected chi connectivity index (χ2v) is 5.84. The molecule has 2 nitrogen and oxygen atoms in total. The molecule has 0 aromatic heterocycles. The maximum Gasteiger partial charge on any atom is 0.149 e. The van der Waals surface area contributed by atoms with Crippen LogP contribution in [0.15, 0.2) is 12.1 Å². The van der Waals surface area contributed by atoms with Crippen LogP contribution in [0.3, 0.4) is 0 Å². The van der Waals surface area contributed by atoms with Gasteiger partial charge in [-0.05, 0) is 23.6 Å². The minimum atomic E-state index is -0.489. The molecule has 0 fully saturated rings. The van der Waals surface area contributed by atoms with Gasteiger partial charge in [-0.2, -0.15) is 0 Å². The molecule has 114 valence electrons. The smallest absolute Gasteiger partial charge is 0.149 e. The summed E-state index contributed by atoms with van der Waals surface area (Å²) < 4.78 is 28.3. The first-order valence-corrected chi connectivity index (χ1v) is 7.27. The summed E-state index contributed by atoms with van der Waals surface area (Å²) in [5.41, 5.74) is 0.702. The third-order valence-electron chi connectivity index (χ3n) is 3.46. The maximum absolute atomic E-state index is 14.1. The van der Waals surface area contributed by atoms with Crippen molar-refractivity contribution in [3.63, 3.8) is 0 Å². The third kappa shape index (κ3) is 4.75. The molecular formula is C16H26F2N2. The van der Waals surface area contributed by atoms with Crippen molar-refractivity contribution >= 4 is 5.69 Å². The van der Waals surface area contributed by atoms with Crippen molar-refractivity contribution in [2.24, 2.45) is 5.92 Å². The standard InChI is InChI=1S/C16H26F2N2/c1-6-12(4)10-20(5)16-14(17)7-13(8-15(16)18)9-19-11(2)3/h7-8,11-12,19H,6,9-10H2,1-5H3. The first-order chi connectivity index (χ1) is 9.35. The first-order valence-electron chi connectivity index (χ1n) is 7.27. The zero-order valence-electron chi connectivity index (χ0n) is 13.1. The number of nitrogens with one attached hydrogen (secondary N) is 1. The van der Waals surface area contributed by atoms with E-state index in [9.17, 15) is 8.78 Å². The van der Waals surface area contributed by atoms with Crippen molar-refractivity contribution in [1.82, 2.24) is 5.32 Å². The van der Waals surface area contributed by atoms with Gasteiger partial charge in [-0.25, -0.2) is 8.78 Å². The number of benzene rings is 1. The number of hydrogen-bond donors (Lipinski definition) is 1. The summed E-state index contributed by atoms with van der Waals surface area (Å²) in [7, 11) is 1.74. The van der Waals surface area contributed by atoms with E-state index in [1.807, 2.05) is 13.8 Å². The Morgan fingerprint density at radius 3 is 2.15 bits per heavy atom. The summed E-state index contributed by atoms with van der Waals surface area (Å²) in [5.74, 6) is -0.575. The highest BCUT2D eigenvalue weighted by Gasteiger charge is 2.16. The van der Waals surface area contributed by atoms with Crippen LogP contribution >= 0.6 is 0 Å². The van der Waals surface area contributed by atoms with E-state index in [4.69, 9.17) is 0 Å². The van der Waals surface area contributed by atoms with Gasteiger partial charge in [-0.15, -0.1) is 0 Å². The Labute approximate surface area is 121 Å². The fourth-order valence-electron chi connectivity index (χ4n) is 2.09. The molecule has 0 saturated heterocycles. The minimum Gasteiger partial charge on any atom is -0.370 e. The van der Waals surface area contributed by atoms with Crippen LogP contribution in [0.5, 0.6) is 0 Å². The molecule has 1 aromatic carbocycles. The number of hydrogen-bond acceptors (Lipinski definition) is 2. The van der Waals surface area contributed by atoms with E-state index in [0.717, 1.165) is 6.42 Å². The van der Waals surface area contributed by atoms with Crippen molar-refractivity contribution < 1.29 is 8.78 Å². The van der Waals surface area contributed by atoms with E-state index in [1.54, 1.807) is 11.9 Å². The van der Waals surface area contributed by atoms with Gasteiger partial charge in [0.15, 0.2) is 0 Å². The van der Waals surface area contributed by atoms with Gasteiger partial charge < -0.3 is 10.2 Å². The van der Waals surface area contributed by atoms with Crippen molar-refractivity contribution in [2.75, 3.05) is 18.5 Å². The average Bonchev–Trinajstić information content (AvgIpc) is 2.35. The summed E-state index contributed by atoms with van der Waals surface area (Å²) in [6.45, 7) is 9.27. The van der Waals surface area contributed by atoms with Gasteiger partial charge in [-0.1, -0.05) is 34.1 Å². The topological polar surface area (TPSA) is 15.3 Å². The van der Waals surface area contributed by atoms with E-state index >= 15 is 0 Å². The molecule has 1 atom stereocenters. The SMILES string of the molecule is CCC(C)CN(C)c1c(F)cc(CNC(C)C)cc1F. The summed E-state index contributed by atoms with van der Waals surface area (Å²) in [6, 6.07) is 3.12. The van der Waals surface area contributed by atoms with Gasteiger partial charge in [0.1, 0.15) is 17.3 Å². The predicted octanol–water partition coefficient (Wildman–Crippen LogP) is 3.95. The summed E-state index contributed by atoms with van der Waals surface area (Å²) in [6.07, 6.45) is 0.990. The Kier molecular flexibility index (Phi) is 6.40. The fourth-order valence-corrected chi connectivity index (χ4v) is 2.09. The minimum absolute atomic E-state index is 0.0681. The number of halogens is 2. The molecule has 0 aliphatic heterocycles.